The lowest BCUT2D eigenvalue weighted by Crippen LogP contribution is -2.20. The van der Waals surface area contributed by atoms with E-state index in [1.807, 2.05) is 18.2 Å². The second kappa shape index (κ2) is 5.04. The Morgan fingerprint density at radius 2 is 2.05 bits per heavy atom. The molecule has 0 spiro atoms. The van der Waals surface area contributed by atoms with Gasteiger partial charge >= 0.3 is 0 Å². The molecule has 0 bridgehead atoms. The summed E-state index contributed by atoms with van der Waals surface area (Å²) in [6.45, 7) is 0.747. The minimum Gasteiger partial charge on any atom is -0.386 e. The molecule has 0 radical (unpaired) electrons. The Morgan fingerprint density at radius 3 is 2.84 bits per heavy atom. The maximum atomic E-state index is 13.1. The van der Waals surface area contributed by atoms with E-state index in [0.29, 0.717) is 10.0 Å². The van der Waals surface area contributed by atoms with Gasteiger partial charge in [-0.3, -0.25) is 0 Å². The highest BCUT2D eigenvalue weighted by Crippen LogP contribution is 2.37. The molecule has 2 N–H and O–H groups in total. The molecule has 2 aromatic rings. The lowest BCUT2D eigenvalue weighted by atomic mass is 9.96. The van der Waals surface area contributed by atoms with Crippen molar-refractivity contribution in [2.45, 2.75) is 18.7 Å². The van der Waals surface area contributed by atoms with Crippen LogP contribution in [0.25, 0.3) is 0 Å². The van der Waals surface area contributed by atoms with E-state index in [2.05, 4.69) is 27.3 Å². The number of aliphatic hydroxyl groups excluding tert-OH is 1. The fraction of sp³-hybridized carbons (Fsp3) is 0.200. The Morgan fingerprint density at radius 1 is 1.26 bits per heavy atom. The zero-order valence-electron chi connectivity index (χ0n) is 10.1. The lowest BCUT2D eigenvalue weighted by molar-refractivity contribution is 0.133. The van der Waals surface area contributed by atoms with Gasteiger partial charge in [-0.1, -0.05) is 46.3 Å². The first-order chi connectivity index (χ1) is 9.16. The van der Waals surface area contributed by atoms with Crippen LogP contribution in [0.15, 0.2) is 46.9 Å². The maximum absolute atomic E-state index is 13.1. The van der Waals surface area contributed by atoms with Crippen LogP contribution < -0.4 is 5.32 Å². The highest BCUT2D eigenvalue weighted by molar-refractivity contribution is 9.10. The molecule has 0 saturated heterocycles. The Balaban J connectivity index is 1.95. The Kier molecular flexibility index (Phi) is 3.39. The van der Waals surface area contributed by atoms with Gasteiger partial charge in [0.15, 0.2) is 0 Å². The molecule has 0 fully saturated rings. The zero-order chi connectivity index (χ0) is 13.4. The average molecular weight is 322 g/mol. The highest BCUT2D eigenvalue weighted by atomic mass is 79.9. The van der Waals surface area contributed by atoms with Gasteiger partial charge in [0.25, 0.3) is 0 Å². The predicted octanol–water partition coefficient (Wildman–Crippen LogP) is 3.47. The molecule has 2 aromatic carbocycles. The minimum absolute atomic E-state index is 0.155. The van der Waals surface area contributed by atoms with E-state index in [9.17, 15) is 9.50 Å². The van der Waals surface area contributed by atoms with Crippen molar-refractivity contribution in [2.24, 2.45) is 0 Å². The normalized spacial score (nSPS) is 19.2. The molecule has 2 atom stereocenters. The number of benzene rings is 2. The van der Waals surface area contributed by atoms with Crippen LogP contribution >= 0.6 is 15.9 Å². The summed E-state index contributed by atoms with van der Waals surface area (Å²) in [5.74, 6) is -0.317. The molecule has 3 rings (SSSR count). The van der Waals surface area contributed by atoms with E-state index in [1.165, 1.54) is 17.7 Å². The smallest absolute Gasteiger partial charge is 0.124 e. The van der Waals surface area contributed by atoms with Gasteiger partial charge in [-0.25, -0.2) is 4.39 Å². The summed E-state index contributed by atoms with van der Waals surface area (Å²) in [4.78, 5) is 0. The number of hydrogen-bond acceptors (Lipinski definition) is 2. The summed E-state index contributed by atoms with van der Waals surface area (Å²) >= 11 is 3.31. The van der Waals surface area contributed by atoms with Crippen LogP contribution in [-0.4, -0.2) is 5.11 Å². The fourth-order valence-corrected chi connectivity index (χ4v) is 3.12. The van der Waals surface area contributed by atoms with Gasteiger partial charge in [0, 0.05) is 11.0 Å². The van der Waals surface area contributed by atoms with Crippen molar-refractivity contribution in [1.82, 2.24) is 5.32 Å². The summed E-state index contributed by atoms with van der Waals surface area (Å²) < 4.78 is 13.7. The topological polar surface area (TPSA) is 32.3 Å². The molecule has 0 aliphatic carbocycles. The van der Waals surface area contributed by atoms with E-state index in [4.69, 9.17) is 0 Å². The number of rotatable bonds is 2. The van der Waals surface area contributed by atoms with Crippen LogP contribution in [0.2, 0.25) is 0 Å². The molecule has 2 unspecified atom stereocenters. The van der Waals surface area contributed by atoms with Crippen molar-refractivity contribution in [2.75, 3.05) is 0 Å². The van der Waals surface area contributed by atoms with Crippen LogP contribution in [0.1, 0.15) is 28.8 Å². The molecule has 19 heavy (non-hydrogen) atoms. The highest BCUT2D eigenvalue weighted by Gasteiger charge is 2.29. The van der Waals surface area contributed by atoms with Crippen molar-refractivity contribution in [3.8, 4) is 0 Å². The third kappa shape index (κ3) is 2.31. The standard InChI is InChI=1S/C15H13BrFNO/c16-13-7-10(17)5-6-12(13)15(19)14-11-4-2-1-3-9(11)8-18-14/h1-7,14-15,18-19H,8H2. The average Bonchev–Trinajstić information content (AvgIpc) is 2.82. The number of aliphatic hydroxyl groups is 1. The first-order valence-corrected chi connectivity index (χ1v) is 6.90. The molecule has 98 valence electrons. The molecule has 0 aromatic heterocycles. The van der Waals surface area contributed by atoms with Crippen molar-refractivity contribution in [3.05, 3.63) is 69.4 Å². The van der Waals surface area contributed by atoms with E-state index < -0.39 is 6.10 Å². The molecule has 2 nitrogen and oxygen atoms in total. The molecule has 0 amide bonds. The first kappa shape index (κ1) is 12.8. The van der Waals surface area contributed by atoms with Gasteiger partial charge in [-0.2, -0.15) is 0 Å². The van der Waals surface area contributed by atoms with Crippen LogP contribution in [0.4, 0.5) is 4.39 Å². The van der Waals surface area contributed by atoms with E-state index in [-0.39, 0.29) is 11.9 Å². The lowest BCUT2D eigenvalue weighted by Gasteiger charge is -2.21. The van der Waals surface area contributed by atoms with E-state index in [1.54, 1.807) is 6.07 Å². The predicted molar refractivity (Wildman–Crippen MR) is 75.1 cm³/mol. The Hall–Kier alpha value is -1.23. The van der Waals surface area contributed by atoms with Gasteiger partial charge in [0.2, 0.25) is 0 Å². The number of hydrogen-bond donors (Lipinski definition) is 2. The van der Waals surface area contributed by atoms with E-state index >= 15 is 0 Å². The largest absolute Gasteiger partial charge is 0.386 e. The van der Waals surface area contributed by atoms with Crippen LogP contribution in [-0.2, 0) is 6.54 Å². The van der Waals surface area contributed by atoms with Crippen molar-refractivity contribution in [3.63, 3.8) is 0 Å². The summed E-state index contributed by atoms with van der Waals surface area (Å²) in [5.41, 5.74) is 2.99. The third-order valence-corrected chi connectivity index (χ3v) is 4.19. The Labute approximate surface area is 119 Å². The van der Waals surface area contributed by atoms with Gasteiger partial charge in [-0.15, -0.1) is 0 Å². The van der Waals surface area contributed by atoms with Crippen molar-refractivity contribution < 1.29 is 9.50 Å². The summed E-state index contributed by atoms with van der Waals surface area (Å²) in [7, 11) is 0. The van der Waals surface area contributed by atoms with Crippen LogP contribution in [0.5, 0.6) is 0 Å². The molecular formula is C15H13BrFNO. The molecule has 1 aliphatic rings. The molecular weight excluding hydrogens is 309 g/mol. The zero-order valence-corrected chi connectivity index (χ0v) is 11.7. The van der Waals surface area contributed by atoms with Gasteiger partial charge < -0.3 is 10.4 Å². The van der Waals surface area contributed by atoms with Crippen LogP contribution in [0.3, 0.4) is 0 Å². The molecule has 1 aliphatic heterocycles. The SMILES string of the molecule is OC(c1ccc(F)cc1Br)C1NCc2ccccc21. The monoisotopic (exact) mass is 321 g/mol. The maximum Gasteiger partial charge on any atom is 0.124 e. The second-order valence-corrected chi connectivity index (χ2v) is 5.52. The van der Waals surface area contributed by atoms with E-state index in [0.717, 1.165) is 12.1 Å². The van der Waals surface area contributed by atoms with Crippen molar-refractivity contribution >= 4 is 15.9 Å². The van der Waals surface area contributed by atoms with Gasteiger partial charge in [0.1, 0.15) is 5.82 Å². The number of halogens is 2. The fourth-order valence-electron chi connectivity index (χ4n) is 2.53. The third-order valence-electron chi connectivity index (χ3n) is 3.50. The van der Waals surface area contributed by atoms with Gasteiger partial charge in [0.05, 0.1) is 12.1 Å². The summed E-state index contributed by atoms with van der Waals surface area (Å²) in [6, 6.07) is 12.2. The second-order valence-electron chi connectivity index (χ2n) is 4.67. The van der Waals surface area contributed by atoms with Gasteiger partial charge in [-0.05, 0) is 28.8 Å². The first-order valence-electron chi connectivity index (χ1n) is 6.11. The minimum atomic E-state index is -0.710. The molecule has 4 heteroatoms. The summed E-state index contributed by atoms with van der Waals surface area (Å²) in [6.07, 6.45) is -0.710. The van der Waals surface area contributed by atoms with Crippen molar-refractivity contribution in [1.29, 1.82) is 0 Å². The molecule has 1 heterocycles. The Bertz CT molecular complexity index is 617. The molecule has 0 saturated carbocycles. The van der Waals surface area contributed by atoms with Crippen LogP contribution in [0, 0.1) is 5.82 Å². The quantitative estimate of drug-likeness (QED) is 0.887. The number of nitrogens with one attached hydrogen (secondary N) is 1. The summed E-state index contributed by atoms with van der Waals surface area (Å²) in [5, 5.41) is 13.8. The number of fused-ring (bicyclic) bond motifs is 1.